The molecule has 0 unspecified atom stereocenters. The lowest BCUT2D eigenvalue weighted by Gasteiger charge is -2.42. The number of primary amides is 1. The molecule has 1 aliphatic carbocycles. The summed E-state index contributed by atoms with van der Waals surface area (Å²) >= 11 is 0. The molecule has 0 spiro atoms. The Morgan fingerprint density at radius 1 is 0.972 bits per heavy atom. The number of ether oxygens (including phenoxy) is 1. The molecular weight excluding hydrogens is 454 g/mol. The van der Waals surface area contributed by atoms with E-state index in [4.69, 9.17) is 10.5 Å². The van der Waals surface area contributed by atoms with Crippen LogP contribution >= 0.6 is 0 Å². The van der Waals surface area contributed by atoms with Gasteiger partial charge >= 0.3 is 6.09 Å². The number of carbonyl (C=O) groups excluding carboxylic acids is 2. The fourth-order valence-corrected chi connectivity index (χ4v) is 5.51. The molecule has 188 valence electrons. The van der Waals surface area contributed by atoms with Crippen LogP contribution in [0.15, 0.2) is 48.5 Å². The average Bonchev–Trinajstić information content (AvgIpc) is 2.92. The summed E-state index contributed by atoms with van der Waals surface area (Å²) in [6, 6.07) is 16.0. The summed E-state index contributed by atoms with van der Waals surface area (Å²) in [5.74, 6) is 1.39. The molecule has 0 bridgehead atoms. The molecule has 1 atom stereocenters. The number of hydrogen-bond acceptors (Lipinski definition) is 6. The molecule has 8 nitrogen and oxygen atoms in total. The fraction of sp³-hybridized carbons (Fsp3) is 0.429. The number of anilines is 1. The van der Waals surface area contributed by atoms with E-state index < -0.39 is 6.09 Å². The molecular formula is C28H33N5O3. The van der Waals surface area contributed by atoms with Crippen molar-refractivity contribution in [2.24, 2.45) is 11.7 Å². The zero-order valence-electron chi connectivity index (χ0n) is 20.7. The van der Waals surface area contributed by atoms with Gasteiger partial charge in [0.2, 0.25) is 5.91 Å². The summed E-state index contributed by atoms with van der Waals surface area (Å²) in [7, 11) is 0. The van der Waals surface area contributed by atoms with E-state index in [9.17, 15) is 9.59 Å². The number of nitrogens with two attached hydrogens (primary N) is 1. The molecule has 5 rings (SSSR count). The number of rotatable bonds is 5. The number of fused-ring (bicyclic) bond motifs is 1. The van der Waals surface area contributed by atoms with E-state index in [0.29, 0.717) is 19.0 Å². The number of benzene rings is 2. The van der Waals surface area contributed by atoms with Gasteiger partial charge in [0.1, 0.15) is 12.3 Å². The Kier molecular flexibility index (Phi) is 7.02. The number of carbonyl (C=O) groups is 2. The molecule has 1 saturated carbocycles. The van der Waals surface area contributed by atoms with Crippen molar-refractivity contribution >= 4 is 28.6 Å². The monoisotopic (exact) mass is 487 g/mol. The minimum Gasteiger partial charge on any atom is -0.445 e. The van der Waals surface area contributed by atoms with Gasteiger partial charge in [0.15, 0.2) is 5.82 Å². The first-order chi connectivity index (χ1) is 17.5. The minimum atomic E-state index is -0.792. The molecule has 2 amide bonds. The van der Waals surface area contributed by atoms with Gasteiger partial charge in [0.25, 0.3) is 0 Å². The Balaban J connectivity index is 1.37. The van der Waals surface area contributed by atoms with E-state index in [1.54, 1.807) is 0 Å². The highest BCUT2D eigenvalue weighted by atomic mass is 16.5. The zero-order chi connectivity index (χ0) is 25.1. The SMILES string of the molecule is C[C@@H]1CN(C(=O)C2CCCCC2)CCN1c1nnc(-c2ccc(COC(N)=O)cc2)c2ccccc12. The van der Waals surface area contributed by atoms with Crippen LogP contribution in [-0.4, -0.2) is 52.8 Å². The van der Waals surface area contributed by atoms with Crippen LogP contribution < -0.4 is 10.6 Å². The third-order valence-electron chi connectivity index (χ3n) is 7.44. The quantitative estimate of drug-likeness (QED) is 0.568. The van der Waals surface area contributed by atoms with Gasteiger partial charge in [-0.1, -0.05) is 67.8 Å². The summed E-state index contributed by atoms with van der Waals surface area (Å²) in [5, 5.41) is 11.4. The summed E-state index contributed by atoms with van der Waals surface area (Å²) in [6.45, 7) is 4.46. The maximum atomic E-state index is 13.1. The maximum absolute atomic E-state index is 13.1. The van der Waals surface area contributed by atoms with E-state index in [1.807, 2.05) is 36.4 Å². The Morgan fingerprint density at radius 3 is 2.39 bits per heavy atom. The predicted molar refractivity (Wildman–Crippen MR) is 139 cm³/mol. The molecule has 1 aliphatic heterocycles. The van der Waals surface area contributed by atoms with E-state index in [1.165, 1.54) is 19.3 Å². The summed E-state index contributed by atoms with van der Waals surface area (Å²) in [6.07, 6.45) is 4.87. The number of hydrogen-bond donors (Lipinski definition) is 1. The molecule has 2 fully saturated rings. The van der Waals surface area contributed by atoms with Gasteiger partial charge in [0, 0.05) is 47.9 Å². The highest BCUT2D eigenvalue weighted by Crippen LogP contribution is 2.33. The van der Waals surface area contributed by atoms with Crippen molar-refractivity contribution in [3.63, 3.8) is 0 Å². The third kappa shape index (κ3) is 4.98. The van der Waals surface area contributed by atoms with Crippen molar-refractivity contribution in [2.45, 2.75) is 51.7 Å². The number of amides is 2. The topological polar surface area (TPSA) is 102 Å². The first-order valence-electron chi connectivity index (χ1n) is 12.8. The highest BCUT2D eigenvalue weighted by Gasteiger charge is 2.32. The molecule has 2 aromatic carbocycles. The Hall–Kier alpha value is -3.68. The summed E-state index contributed by atoms with van der Waals surface area (Å²) in [4.78, 5) is 28.3. The van der Waals surface area contributed by atoms with Crippen molar-refractivity contribution in [1.29, 1.82) is 0 Å². The lowest BCUT2D eigenvalue weighted by Crippen LogP contribution is -2.55. The lowest BCUT2D eigenvalue weighted by atomic mass is 9.88. The van der Waals surface area contributed by atoms with E-state index in [2.05, 4.69) is 39.1 Å². The lowest BCUT2D eigenvalue weighted by molar-refractivity contribution is -0.137. The molecule has 2 heterocycles. The normalized spacial score (nSPS) is 18.9. The van der Waals surface area contributed by atoms with Crippen molar-refractivity contribution < 1.29 is 14.3 Å². The van der Waals surface area contributed by atoms with Gasteiger partial charge in [-0.3, -0.25) is 4.79 Å². The molecule has 36 heavy (non-hydrogen) atoms. The second kappa shape index (κ2) is 10.5. The van der Waals surface area contributed by atoms with Crippen LogP contribution in [0.5, 0.6) is 0 Å². The van der Waals surface area contributed by atoms with E-state index >= 15 is 0 Å². The molecule has 2 N–H and O–H groups in total. The third-order valence-corrected chi connectivity index (χ3v) is 7.44. The minimum absolute atomic E-state index is 0.133. The number of aromatic nitrogens is 2. The van der Waals surface area contributed by atoms with Crippen molar-refractivity contribution in [1.82, 2.24) is 15.1 Å². The van der Waals surface area contributed by atoms with Crippen molar-refractivity contribution in [3.8, 4) is 11.3 Å². The second-order valence-electron chi connectivity index (χ2n) is 9.88. The highest BCUT2D eigenvalue weighted by molar-refractivity contribution is 6.00. The van der Waals surface area contributed by atoms with Crippen LogP contribution in [0.3, 0.4) is 0 Å². The van der Waals surface area contributed by atoms with Crippen molar-refractivity contribution in [2.75, 3.05) is 24.5 Å². The maximum Gasteiger partial charge on any atom is 0.404 e. The van der Waals surface area contributed by atoms with Crippen LogP contribution in [0.2, 0.25) is 0 Å². The van der Waals surface area contributed by atoms with Crippen LogP contribution in [0, 0.1) is 5.92 Å². The van der Waals surface area contributed by atoms with Crippen LogP contribution in [0.1, 0.15) is 44.6 Å². The molecule has 1 aromatic heterocycles. The zero-order valence-corrected chi connectivity index (χ0v) is 20.7. The summed E-state index contributed by atoms with van der Waals surface area (Å²) in [5.41, 5.74) is 7.65. The molecule has 1 saturated heterocycles. The van der Waals surface area contributed by atoms with Crippen LogP contribution in [0.4, 0.5) is 10.6 Å². The molecule has 0 radical (unpaired) electrons. The Labute approximate surface area is 211 Å². The van der Waals surface area contributed by atoms with E-state index in [0.717, 1.165) is 52.8 Å². The van der Waals surface area contributed by atoms with Gasteiger partial charge < -0.3 is 20.3 Å². The predicted octanol–water partition coefficient (Wildman–Crippen LogP) is 4.51. The largest absolute Gasteiger partial charge is 0.445 e. The standard InChI is InChI=1S/C28H33N5O3/c1-19-17-32(27(34)22-7-3-2-4-8-22)15-16-33(19)26-24-10-6-5-9-23(24)25(30-31-26)21-13-11-20(12-14-21)18-36-28(29)35/h5-6,9-14,19,22H,2-4,7-8,15-18H2,1H3,(H2,29,35)/t19-/m1/s1. The first kappa shape index (κ1) is 24.0. The van der Waals surface area contributed by atoms with Gasteiger partial charge in [-0.15, -0.1) is 10.2 Å². The van der Waals surface area contributed by atoms with Gasteiger partial charge in [-0.2, -0.15) is 0 Å². The van der Waals surface area contributed by atoms with Gasteiger partial charge in [-0.05, 0) is 25.3 Å². The smallest absolute Gasteiger partial charge is 0.404 e. The van der Waals surface area contributed by atoms with Gasteiger partial charge in [-0.25, -0.2) is 4.79 Å². The van der Waals surface area contributed by atoms with E-state index in [-0.39, 0.29) is 18.6 Å². The number of nitrogens with zero attached hydrogens (tertiary/aromatic N) is 4. The summed E-state index contributed by atoms with van der Waals surface area (Å²) < 4.78 is 4.87. The Morgan fingerprint density at radius 2 is 1.69 bits per heavy atom. The molecule has 8 heteroatoms. The van der Waals surface area contributed by atoms with Crippen LogP contribution in [-0.2, 0) is 16.1 Å². The molecule has 2 aliphatic rings. The Bertz CT molecular complexity index is 1240. The van der Waals surface area contributed by atoms with Crippen molar-refractivity contribution in [3.05, 3.63) is 54.1 Å². The van der Waals surface area contributed by atoms with Crippen LogP contribution in [0.25, 0.3) is 22.0 Å². The van der Waals surface area contributed by atoms with Gasteiger partial charge in [0.05, 0.1) is 0 Å². The molecule has 3 aromatic rings. The number of piperazine rings is 1. The average molecular weight is 488 g/mol. The second-order valence-corrected chi connectivity index (χ2v) is 9.88. The fourth-order valence-electron chi connectivity index (χ4n) is 5.51. The first-order valence-corrected chi connectivity index (χ1v) is 12.8.